The SMILES string of the molecule is N#Cc1c(N)nc(SCCC(=O)Nc2nc(-c3ccc(F)cc3)cs2)c(C#N)c1-c1ccccc1. The van der Waals surface area contributed by atoms with Crippen molar-refractivity contribution < 1.29 is 9.18 Å². The molecule has 172 valence electrons. The number of benzene rings is 2. The second-order valence-electron chi connectivity index (χ2n) is 7.21. The van der Waals surface area contributed by atoms with Gasteiger partial charge in [-0.1, -0.05) is 30.3 Å². The Hall–Kier alpha value is -4.25. The minimum atomic E-state index is -0.330. The molecule has 7 nitrogen and oxygen atoms in total. The number of nitriles is 2. The van der Waals surface area contributed by atoms with Crippen molar-refractivity contribution in [2.75, 3.05) is 16.8 Å². The number of aromatic nitrogens is 2. The van der Waals surface area contributed by atoms with Crippen molar-refractivity contribution in [3.63, 3.8) is 0 Å². The lowest BCUT2D eigenvalue weighted by Gasteiger charge is -2.12. The zero-order valence-electron chi connectivity index (χ0n) is 18.2. The lowest BCUT2D eigenvalue weighted by atomic mass is 9.97. The molecular weight excluding hydrogens is 483 g/mol. The Morgan fingerprint density at radius 1 is 1.03 bits per heavy atom. The number of nitrogens with zero attached hydrogens (tertiary/aromatic N) is 4. The summed E-state index contributed by atoms with van der Waals surface area (Å²) in [7, 11) is 0. The molecule has 0 aliphatic heterocycles. The van der Waals surface area contributed by atoms with E-state index in [4.69, 9.17) is 5.73 Å². The highest BCUT2D eigenvalue weighted by atomic mass is 32.2. The fourth-order valence-electron chi connectivity index (χ4n) is 3.30. The standard InChI is InChI=1S/C25H17FN6OS2/c26-17-8-6-15(7-9-17)20-14-35-25(30-20)31-21(33)10-11-34-24-19(13-28)22(16-4-2-1-3-5-16)18(12-27)23(29)32-24/h1-9,14H,10-11H2,(H2,29,32)(H,30,31,33). The average molecular weight is 501 g/mol. The molecule has 10 heteroatoms. The molecule has 0 bridgehead atoms. The number of nitrogen functional groups attached to an aromatic ring is 1. The number of amides is 1. The Labute approximate surface area is 209 Å². The molecule has 35 heavy (non-hydrogen) atoms. The number of hydrogen-bond acceptors (Lipinski definition) is 8. The van der Waals surface area contributed by atoms with E-state index in [0.29, 0.717) is 32.7 Å². The van der Waals surface area contributed by atoms with Crippen molar-refractivity contribution in [3.8, 4) is 34.5 Å². The number of pyridine rings is 1. The smallest absolute Gasteiger partial charge is 0.226 e. The van der Waals surface area contributed by atoms with Gasteiger partial charge >= 0.3 is 0 Å². The summed E-state index contributed by atoms with van der Waals surface area (Å²) in [5.41, 5.74) is 8.94. The molecular formula is C25H17FN6OS2. The van der Waals surface area contributed by atoms with Gasteiger partial charge in [0.2, 0.25) is 5.91 Å². The first-order chi connectivity index (χ1) is 17.0. The van der Waals surface area contributed by atoms with Crippen LogP contribution in [0.4, 0.5) is 15.3 Å². The van der Waals surface area contributed by atoms with Crippen molar-refractivity contribution in [3.05, 3.63) is 76.9 Å². The van der Waals surface area contributed by atoms with E-state index in [0.717, 1.165) is 5.56 Å². The lowest BCUT2D eigenvalue weighted by molar-refractivity contribution is -0.115. The molecule has 2 aromatic heterocycles. The van der Waals surface area contributed by atoms with E-state index in [9.17, 15) is 19.7 Å². The van der Waals surface area contributed by atoms with Crippen LogP contribution >= 0.6 is 23.1 Å². The monoisotopic (exact) mass is 500 g/mol. The van der Waals surface area contributed by atoms with E-state index < -0.39 is 0 Å². The van der Waals surface area contributed by atoms with Gasteiger partial charge in [-0.15, -0.1) is 23.1 Å². The van der Waals surface area contributed by atoms with Crippen LogP contribution in [0.1, 0.15) is 17.5 Å². The molecule has 4 rings (SSSR count). The summed E-state index contributed by atoms with van der Waals surface area (Å²) in [6.07, 6.45) is 0.142. The molecule has 0 unspecified atom stereocenters. The van der Waals surface area contributed by atoms with Gasteiger partial charge in [-0.25, -0.2) is 14.4 Å². The number of nitrogens with one attached hydrogen (secondary N) is 1. The Balaban J connectivity index is 1.44. The topological polar surface area (TPSA) is 128 Å². The summed E-state index contributed by atoms with van der Waals surface area (Å²) in [6, 6.07) is 19.2. The number of carbonyl (C=O) groups excluding carboxylic acids is 1. The molecule has 0 saturated heterocycles. The van der Waals surface area contributed by atoms with E-state index in [1.165, 1.54) is 35.2 Å². The third-order valence-electron chi connectivity index (χ3n) is 4.94. The first-order valence-corrected chi connectivity index (χ1v) is 12.2. The van der Waals surface area contributed by atoms with Crippen molar-refractivity contribution >= 4 is 40.0 Å². The highest BCUT2D eigenvalue weighted by Gasteiger charge is 2.20. The van der Waals surface area contributed by atoms with Gasteiger partial charge in [0.05, 0.1) is 11.3 Å². The molecule has 2 heterocycles. The number of thioether (sulfide) groups is 1. The predicted octanol–water partition coefficient (Wildman–Crippen LogP) is 5.46. The molecule has 0 saturated carbocycles. The second kappa shape index (κ2) is 10.8. The van der Waals surface area contributed by atoms with E-state index >= 15 is 0 Å². The Bertz CT molecular complexity index is 1460. The molecule has 2 aromatic carbocycles. The van der Waals surface area contributed by atoms with Crippen molar-refractivity contribution in [2.45, 2.75) is 11.4 Å². The Kier molecular flexibility index (Phi) is 7.36. The van der Waals surface area contributed by atoms with Crippen LogP contribution in [0.15, 0.2) is 65.0 Å². The summed E-state index contributed by atoms with van der Waals surface area (Å²) in [5, 5.41) is 24.7. The number of hydrogen-bond donors (Lipinski definition) is 2. The number of nitrogens with two attached hydrogens (primary N) is 1. The maximum Gasteiger partial charge on any atom is 0.226 e. The highest BCUT2D eigenvalue weighted by molar-refractivity contribution is 7.99. The minimum absolute atomic E-state index is 0.0356. The van der Waals surface area contributed by atoms with Crippen molar-refractivity contribution in [1.82, 2.24) is 9.97 Å². The van der Waals surface area contributed by atoms with Gasteiger partial charge in [-0.05, 0) is 29.8 Å². The van der Waals surface area contributed by atoms with Gasteiger partial charge in [-0.2, -0.15) is 10.5 Å². The first-order valence-electron chi connectivity index (χ1n) is 10.3. The normalized spacial score (nSPS) is 10.4. The van der Waals surface area contributed by atoms with E-state index in [1.54, 1.807) is 29.6 Å². The van der Waals surface area contributed by atoms with Crippen LogP contribution in [0.5, 0.6) is 0 Å². The first kappa shape index (κ1) is 23.9. The Morgan fingerprint density at radius 2 is 1.74 bits per heavy atom. The molecule has 1 amide bonds. The van der Waals surface area contributed by atoms with Crippen molar-refractivity contribution in [1.29, 1.82) is 10.5 Å². The molecule has 0 aliphatic carbocycles. The van der Waals surface area contributed by atoms with E-state index in [2.05, 4.69) is 21.4 Å². The number of carbonyl (C=O) groups is 1. The largest absolute Gasteiger partial charge is 0.383 e. The van der Waals surface area contributed by atoms with Crippen LogP contribution in [0.2, 0.25) is 0 Å². The molecule has 0 fully saturated rings. The summed E-state index contributed by atoms with van der Waals surface area (Å²) in [5.74, 6) is -0.207. The average Bonchev–Trinajstić information content (AvgIpc) is 3.33. The van der Waals surface area contributed by atoms with Gasteiger partial charge in [0.15, 0.2) is 5.13 Å². The van der Waals surface area contributed by atoms with Gasteiger partial charge in [0, 0.05) is 28.7 Å². The van der Waals surface area contributed by atoms with E-state index in [1.807, 2.05) is 24.3 Å². The quantitative estimate of drug-likeness (QED) is 0.323. The molecule has 0 aliphatic rings. The number of halogens is 1. The zero-order chi connectivity index (χ0) is 24.8. The summed E-state index contributed by atoms with van der Waals surface area (Å²) in [4.78, 5) is 21.1. The fourth-order valence-corrected chi connectivity index (χ4v) is 4.97. The second-order valence-corrected chi connectivity index (χ2v) is 9.15. The van der Waals surface area contributed by atoms with Crippen LogP contribution in [-0.4, -0.2) is 21.6 Å². The highest BCUT2D eigenvalue weighted by Crippen LogP contribution is 2.35. The van der Waals surface area contributed by atoms with Crippen LogP contribution in [-0.2, 0) is 4.79 Å². The van der Waals surface area contributed by atoms with Gasteiger partial charge < -0.3 is 11.1 Å². The minimum Gasteiger partial charge on any atom is -0.383 e. The maximum atomic E-state index is 13.1. The third-order valence-corrected chi connectivity index (χ3v) is 6.67. The van der Waals surface area contributed by atoms with Crippen LogP contribution in [0.25, 0.3) is 22.4 Å². The fraction of sp³-hybridized carbons (Fsp3) is 0.0800. The number of anilines is 2. The molecule has 3 N–H and O–H groups in total. The predicted molar refractivity (Wildman–Crippen MR) is 135 cm³/mol. The molecule has 0 radical (unpaired) electrons. The molecule has 0 spiro atoms. The van der Waals surface area contributed by atoms with Gasteiger partial charge in [0.25, 0.3) is 0 Å². The molecule has 4 aromatic rings. The summed E-state index contributed by atoms with van der Waals surface area (Å²) >= 11 is 2.49. The Morgan fingerprint density at radius 3 is 2.43 bits per heavy atom. The van der Waals surface area contributed by atoms with Gasteiger partial charge in [-0.3, -0.25) is 4.79 Å². The van der Waals surface area contributed by atoms with Crippen LogP contribution in [0, 0.1) is 28.5 Å². The van der Waals surface area contributed by atoms with Crippen LogP contribution in [0.3, 0.4) is 0 Å². The van der Waals surface area contributed by atoms with E-state index in [-0.39, 0.29) is 35.1 Å². The summed E-state index contributed by atoms with van der Waals surface area (Å²) in [6.45, 7) is 0. The number of thiazole rings is 1. The lowest BCUT2D eigenvalue weighted by Crippen LogP contribution is -2.12. The van der Waals surface area contributed by atoms with Crippen LogP contribution < -0.4 is 11.1 Å². The third kappa shape index (κ3) is 5.46. The number of rotatable bonds is 7. The zero-order valence-corrected chi connectivity index (χ0v) is 19.8. The van der Waals surface area contributed by atoms with Crippen molar-refractivity contribution in [2.24, 2.45) is 0 Å². The molecule has 0 atom stereocenters. The summed E-state index contributed by atoms with van der Waals surface area (Å²) < 4.78 is 13.1. The maximum absolute atomic E-state index is 13.1. The van der Waals surface area contributed by atoms with Gasteiger partial charge in [0.1, 0.15) is 34.4 Å².